The Labute approximate surface area is 147 Å². The number of benzene rings is 1. The summed E-state index contributed by atoms with van der Waals surface area (Å²) in [6.07, 6.45) is 1.43. The Hall–Kier alpha value is -2.16. The second-order valence-corrected chi connectivity index (χ2v) is 6.18. The molecule has 2 aromatic rings. The van der Waals surface area contributed by atoms with E-state index in [2.05, 4.69) is 21.6 Å². The number of halogens is 1. The van der Waals surface area contributed by atoms with Gasteiger partial charge < -0.3 is 10.4 Å². The number of hydrogen-bond donors (Lipinski definition) is 2. The number of aliphatic hydroxyl groups is 1. The van der Waals surface area contributed by atoms with Gasteiger partial charge in [-0.25, -0.2) is 0 Å². The second-order valence-electron chi connectivity index (χ2n) is 5.78. The van der Waals surface area contributed by atoms with E-state index in [0.29, 0.717) is 28.4 Å². The molecule has 1 aromatic heterocycles. The van der Waals surface area contributed by atoms with Crippen molar-refractivity contribution in [2.24, 2.45) is 0 Å². The average molecular weight is 345 g/mol. The number of hydrogen-bond acceptors (Lipinski definition) is 5. The lowest BCUT2D eigenvalue weighted by Crippen LogP contribution is -2.31. The van der Waals surface area contributed by atoms with Crippen molar-refractivity contribution in [1.29, 1.82) is 5.26 Å². The lowest BCUT2D eigenvalue weighted by Gasteiger charge is -2.26. The van der Waals surface area contributed by atoms with E-state index < -0.39 is 5.60 Å². The van der Waals surface area contributed by atoms with Gasteiger partial charge in [0.05, 0.1) is 5.69 Å². The molecule has 0 fully saturated rings. The molecule has 24 heavy (non-hydrogen) atoms. The molecule has 6 heteroatoms. The van der Waals surface area contributed by atoms with E-state index in [0.717, 1.165) is 17.7 Å². The third-order valence-corrected chi connectivity index (χ3v) is 4.34. The van der Waals surface area contributed by atoms with Crippen molar-refractivity contribution in [2.75, 3.05) is 11.9 Å². The van der Waals surface area contributed by atoms with Crippen molar-refractivity contribution in [1.82, 2.24) is 10.2 Å². The van der Waals surface area contributed by atoms with Gasteiger partial charge in [-0.3, -0.25) is 0 Å². The van der Waals surface area contributed by atoms with Crippen LogP contribution in [0.4, 0.5) is 5.82 Å². The zero-order valence-electron chi connectivity index (χ0n) is 14.1. The van der Waals surface area contributed by atoms with Gasteiger partial charge in [0.25, 0.3) is 0 Å². The van der Waals surface area contributed by atoms with Crippen LogP contribution in [0.2, 0.25) is 5.02 Å². The molecular formula is C18H21ClN4O. The van der Waals surface area contributed by atoms with Crippen molar-refractivity contribution in [3.8, 4) is 6.07 Å². The van der Waals surface area contributed by atoms with Gasteiger partial charge in [0.15, 0.2) is 5.82 Å². The molecular weight excluding hydrogens is 324 g/mol. The van der Waals surface area contributed by atoms with Crippen molar-refractivity contribution < 1.29 is 5.11 Å². The minimum Gasteiger partial charge on any atom is -0.384 e. The standard InChI is InChI=1S/C18H21ClN4O/c1-4-12-13(10-20)17(23-22-16(12)5-2)21-11-18(3,24)14-8-6-7-9-15(14)19/h6-9,24H,4-5,11H2,1-3H3,(H,21,23). The lowest BCUT2D eigenvalue weighted by molar-refractivity contribution is 0.0715. The van der Waals surface area contributed by atoms with Crippen LogP contribution < -0.4 is 5.32 Å². The smallest absolute Gasteiger partial charge is 0.167 e. The molecule has 0 bridgehead atoms. The molecule has 0 amide bonds. The number of aryl methyl sites for hydroxylation is 1. The van der Waals surface area contributed by atoms with Crippen molar-refractivity contribution in [2.45, 2.75) is 39.2 Å². The topological polar surface area (TPSA) is 81.8 Å². The number of nitrogens with zero attached hydrogens (tertiary/aromatic N) is 3. The van der Waals surface area contributed by atoms with Gasteiger partial charge in [0, 0.05) is 17.1 Å². The Balaban J connectivity index is 2.29. The van der Waals surface area contributed by atoms with E-state index >= 15 is 0 Å². The Morgan fingerprint density at radius 2 is 1.96 bits per heavy atom. The van der Waals surface area contributed by atoms with Crippen LogP contribution in [-0.4, -0.2) is 21.8 Å². The van der Waals surface area contributed by atoms with E-state index in [4.69, 9.17) is 11.6 Å². The Bertz CT molecular complexity index is 768. The van der Waals surface area contributed by atoms with E-state index in [1.807, 2.05) is 26.0 Å². The largest absolute Gasteiger partial charge is 0.384 e. The van der Waals surface area contributed by atoms with Crippen LogP contribution in [-0.2, 0) is 18.4 Å². The first-order chi connectivity index (χ1) is 11.4. The normalized spacial score (nSPS) is 13.2. The lowest BCUT2D eigenvalue weighted by atomic mass is 9.95. The summed E-state index contributed by atoms with van der Waals surface area (Å²) in [5.74, 6) is 0.388. The van der Waals surface area contributed by atoms with Crippen LogP contribution in [0.25, 0.3) is 0 Å². The molecule has 1 atom stereocenters. The second kappa shape index (κ2) is 7.61. The van der Waals surface area contributed by atoms with Gasteiger partial charge >= 0.3 is 0 Å². The van der Waals surface area contributed by atoms with Crippen molar-refractivity contribution in [3.05, 3.63) is 51.7 Å². The molecule has 2 rings (SSSR count). The molecule has 0 aliphatic carbocycles. The van der Waals surface area contributed by atoms with Crippen LogP contribution in [0.1, 0.15) is 43.2 Å². The predicted molar refractivity (Wildman–Crippen MR) is 95.0 cm³/mol. The summed E-state index contributed by atoms with van der Waals surface area (Å²) in [4.78, 5) is 0. The predicted octanol–water partition coefficient (Wildman–Crippen LogP) is 3.45. The average Bonchev–Trinajstić information content (AvgIpc) is 2.59. The quantitative estimate of drug-likeness (QED) is 0.838. The highest BCUT2D eigenvalue weighted by atomic mass is 35.5. The third-order valence-electron chi connectivity index (χ3n) is 4.01. The summed E-state index contributed by atoms with van der Waals surface area (Å²) in [5, 5.41) is 32.1. The molecule has 0 radical (unpaired) electrons. The zero-order valence-corrected chi connectivity index (χ0v) is 14.9. The van der Waals surface area contributed by atoms with E-state index in [-0.39, 0.29) is 6.54 Å². The zero-order chi connectivity index (χ0) is 17.7. The highest BCUT2D eigenvalue weighted by Crippen LogP contribution is 2.28. The summed E-state index contributed by atoms with van der Waals surface area (Å²) in [7, 11) is 0. The fourth-order valence-corrected chi connectivity index (χ4v) is 3.01. The fourth-order valence-electron chi connectivity index (χ4n) is 2.67. The maximum atomic E-state index is 10.7. The minimum absolute atomic E-state index is 0.161. The first-order valence-electron chi connectivity index (χ1n) is 7.94. The van der Waals surface area contributed by atoms with E-state index in [1.54, 1.807) is 19.1 Å². The number of nitriles is 1. The van der Waals surface area contributed by atoms with E-state index in [1.165, 1.54) is 0 Å². The number of nitrogens with one attached hydrogen (secondary N) is 1. The Morgan fingerprint density at radius 3 is 2.54 bits per heavy atom. The molecule has 5 nitrogen and oxygen atoms in total. The van der Waals surface area contributed by atoms with Crippen LogP contribution in [0.15, 0.2) is 24.3 Å². The monoisotopic (exact) mass is 344 g/mol. The first kappa shape index (κ1) is 18.2. The van der Waals surface area contributed by atoms with Gasteiger partial charge in [-0.2, -0.15) is 10.4 Å². The Morgan fingerprint density at radius 1 is 1.25 bits per heavy atom. The maximum Gasteiger partial charge on any atom is 0.167 e. The minimum atomic E-state index is -1.21. The SMILES string of the molecule is CCc1nnc(NCC(C)(O)c2ccccc2Cl)c(C#N)c1CC. The molecule has 0 saturated carbocycles. The Kier molecular flexibility index (Phi) is 5.76. The molecule has 1 unspecified atom stereocenters. The van der Waals surface area contributed by atoms with Gasteiger partial charge in [-0.05, 0) is 31.4 Å². The summed E-state index contributed by atoms with van der Waals surface area (Å²) < 4.78 is 0. The van der Waals surface area contributed by atoms with E-state index in [9.17, 15) is 10.4 Å². The summed E-state index contributed by atoms with van der Waals surface area (Å²) in [5.41, 5.74) is 1.63. The molecule has 0 spiro atoms. The molecule has 126 valence electrons. The van der Waals surface area contributed by atoms with Crippen molar-refractivity contribution >= 4 is 17.4 Å². The van der Waals surface area contributed by atoms with Crippen LogP contribution in [0.5, 0.6) is 0 Å². The summed E-state index contributed by atoms with van der Waals surface area (Å²) in [6, 6.07) is 9.35. The van der Waals surface area contributed by atoms with Crippen LogP contribution >= 0.6 is 11.6 Å². The van der Waals surface area contributed by atoms with Crippen LogP contribution in [0, 0.1) is 11.3 Å². The molecule has 0 aliphatic heterocycles. The van der Waals surface area contributed by atoms with Gasteiger partial charge in [0.2, 0.25) is 0 Å². The molecule has 0 saturated heterocycles. The van der Waals surface area contributed by atoms with Gasteiger partial charge in [-0.15, -0.1) is 5.10 Å². The molecule has 1 heterocycles. The highest BCUT2D eigenvalue weighted by Gasteiger charge is 2.26. The fraction of sp³-hybridized carbons (Fsp3) is 0.389. The summed E-state index contributed by atoms with van der Waals surface area (Å²) in [6.45, 7) is 5.80. The van der Waals surface area contributed by atoms with Gasteiger partial charge in [-0.1, -0.05) is 43.6 Å². The first-order valence-corrected chi connectivity index (χ1v) is 8.32. The molecule has 2 N–H and O–H groups in total. The summed E-state index contributed by atoms with van der Waals surface area (Å²) >= 11 is 6.17. The number of aromatic nitrogens is 2. The van der Waals surface area contributed by atoms with Crippen LogP contribution in [0.3, 0.4) is 0 Å². The molecule has 1 aromatic carbocycles. The molecule has 0 aliphatic rings. The third kappa shape index (κ3) is 3.66. The number of rotatable bonds is 6. The maximum absolute atomic E-state index is 10.7. The number of anilines is 1. The van der Waals surface area contributed by atoms with Crippen molar-refractivity contribution in [3.63, 3.8) is 0 Å². The van der Waals surface area contributed by atoms with Gasteiger partial charge in [0.1, 0.15) is 17.2 Å². The highest BCUT2D eigenvalue weighted by molar-refractivity contribution is 6.31.